The minimum absolute atomic E-state index is 0.00450. The number of anilines is 2. The fourth-order valence-corrected chi connectivity index (χ4v) is 5.07. The molecular formula is C23H33N7O. The van der Waals surface area contributed by atoms with Crippen LogP contribution in [-0.4, -0.2) is 50.1 Å². The fraction of sp³-hybridized carbons (Fsp3) is 0.652. The standard InChI is InChI=1S/C23H33N7O/c1-16(2)18-13-28(3)22(31)30(18)20-8-11-24-21(26-20)27-23(9-10-23)19-14-29(15-25-19)12-17-6-4-5-7-17/h8,11,14-18H,4-7,9-10,12-13H2,1-3H3,(H,24,26,27)/t18-/m1/s1. The predicted molar refractivity (Wildman–Crippen MR) is 120 cm³/mol. The van der Waals surface area contributed by atoms with Gasteiger partial charge in [0.15, 0.2) is 0 Å². The highest BCUT2D eigenvalue weighted by atomic mass is 16.2. The van der Waals surface area contributed by atoms with Crippen LogP contribution < -0.4 is 10.2 Å². The second-order valence-corrected chi connectivity index (χ2v) is 9.90. The molecule has 0 radical (unpaired) electrons. The highest BCUT2D eigenvalue weighted by molar-refractivity contribution is 5.94. The molecule has 1 atom stereocenters. The van der Waals surface area contributed by atoms with Crippen LogP contribution in [-0.2, 0) is 12.1 Å². The van der Waals surface area contributed by atoms with Crippen LogP contribution in [0.5, 0.6) is 0 Å². The molecule has 1 saturated heterocycles. The lowest BCUT2D eigenvalue weighted by Crippen LogP contribution is -2.38. The van der Waals surface area contributed by atoms with E-state index in [1.165, 1.54) is 25.7 Å². The minimum atomic E-state index is -0.192. The topological polar surface area (TPSA) is 79.2 Å². The molecule has 31 heavy (non-hydrogen) atoms. The van der Waals surface area contributed by atoms with Crippen LogP contribution in [0.4, 0.5) is 16.6 Å². The molecule has 3 aliphatic rings. The Morgan fingerprint density at radius 3 is 2.71 bits per heavy atom. The summed E-state index contributed by atoms with van der Waals surface area (Å²) in [5, 5.41) is 3.54. The SMILES string of the molecule is CC(C)[C@H]1CN(C)C(=O)N1c1ccnc(NC2(c3cn(CC4CCCC4)cn3)CC2)n1. The maximum absolute atomic E-state index is 12.8. The monoisotopic (exact) mass is 423 g/mol. The van der Waals surface area contributed by atoms with Gasteiger partial charge in [0.25, 0.3) is 0 Å². The van der Waals surface area contributed by atoms with Gasteiger partial charge in [-0.1, -0.05) is 26.7 Å². The Kier molecular flexibility index (Phi) is 5.10. The summed E-state index contributed by atoms with van der Waals surface area (Å²) in [6.45, 7) is 6.07. The highest BCUT2D eigenvalue weighted by Gasteiger charge is 2.47. The number of carbonyl (C=O) groups excluding carboxylic acids is 1. The summed E-state index contributed by atoms with van der Waals surface area (Å²) in [6, 6.07) is 1.93. The van der Waals surface area contributed by atoms with Gasteiger partial charge in [0.1, 0.15) is 5.82 Å². The molecule has 166 valence electrons. The van der Waals surface area contributed by atoms with E-state index >= 15 is 0 Å². The Bertz CT molecular complexity index is 945. The van der Waals surface area contributed by atoms with Crippen LogP contribution in [0.25, 0.3) is 0 Å². The molecule has 0 aromatic carbocycles. The number of imidazole rings is 1. The van der Waals surface area contributed by atoms with Crippen LogP contribution in [0.2, 0.25) is 0 Å². The molecule has 2 saturated carbocycles. The van der Waals surface area contributed by atoms with Gasteiger partial charge in [0, 0.05) is 32.5 Å². The van der Waals surface area contributed by atoms with Crippen molar-refractivity contribution in [3.05, 3.63) is 30.5 Å². The van der Waals surface area contributed by atoms with Crippen molar-refractivity contribution in [2.45, 2.75) is 70.5 Å². The number of nitrogens with one attached hydrogen (secondary N) is 1. The third kappa shape index (κ3) is 3.88. The van der Waals surface area contributed by atoms with E-state index in [9.17, 15) is 4.79 Å². The molecule has 2 aromatic rings. The van der Waals surface area contributed by atoms with Crippen LogP contribution in [0.15, 0.2) is 24.8 Å². The normalized spacial score (nSPS) is 23.2. The fourth-order valence-electron chi connectivity index (χ4n) is 5.07. The first-order chi connectivity index (χ1) is 14.9. The number of likely N-dealkylation sites (N-methyl/N-ethyl adjacent to an activating group) is 1. The van der Waals surface area contributed by atoms with Crippen LogP contribution in [0.1, 0.15) is 58.1 Å². The van der Waals surface area contributed by atoms with Crippen LogP contribution >= 0.6 is 0 Å². The summed E-state index contributed by atoms with van der Waals surface area (Å²) in [5.74, 6) is 2.35. The molecule has 0 bridgehead atoms. The quantitative estimate of drug-likeness (QED) is 0.732. The first-order valence-corrected chi connectivity index (χ1v) is 11.6. The van der Waals surface area contributed by atoms with Crippen LogP contribution in [0.3, 0.4) is 0 Å². The Morgan fingerprint density at radius 1 is 1.23 bits per heavy atom. The number of hydrogen-bond donors (Lipinski definition) is 1. The van der Waals surface area contributed by atoms with Gasteiger partial charge in [-0.05, 0) is 43.6 Å². The molecule has 2 aromatic heterocycles. The second-order valence-electron chi connectivity index (χ2n) is 9.90. The summed E-state index contributed by atoms with van der Waals surface area (Å²) in [5.41, 5.74) is 0.875. The zero-order valence-corrected chi connectivity index (χ0v) is 18.8. The van der Waals surface area contributed by atoms with Crippen molar-refractivity contribution in [1.29, 1.82) is 0 Å². The van der Waals surface area contributed by atoms with E-state index in [0.717, 1.165) is 31.0 Å². The van der Waals surface area contributed by atoms with Crippen LogP contribution in [0, 0.1) is 11.8 Å². The summed E-state index contributed by atoms with van der Waals surface area (Å²) in [4.78, 5) is 30.2. The Labute approximate surface area is 184 Å². The lowest BCUT2D eigenvalue weighted by molar-refractivity contribution is 0.229. The number of hydrogen-bond acceptors (Lipinski definition) is 5. The van der Waals surface area contributed by atoms with Gasteiger partial charge in [-0.2, -0.15) is 4.98 Å². The number of aromatic nitrogens is 4. The molecule has 1 N–H and O–H groups in total. The lowest BCUT2D eigenvalue weighted by Gasteiger charge is -2.25. The molecule has 8 heteroatoms. The molecule has 3 heterocycles. The average Bonchev–Trinajstić information content (AvgIpc) is 3.11. The minimum Gasteiger partial charge on any atom is -0.343 e. The van der Waals surface area contributed by atoms with Gasteiger partial charge < -0.3 is 14.8 Å². The molecule has 0 spiro atoms. The summed E-state index contributed by atoms with van der Waals surface area (Å²) in [6.07, 6.45) is 13.3. The molecule has 0 unspecified atom stereocenters. The Balaban J connectivity index is 1.33. The zero-order valence-electron chi connectivity index (χ0n) is 18.8. The van der Waals surface area contributed by atoms with Gasteiger partial charge in [0.2, 0.25) is 5.95 Å². The van der Waals surface area contributed by atoms with E-state index in [0.29, 0.717) is 24.2 Å². The average molecular weight is 424 g/mol. The molecule has 5 rings (SSSR count). The van der Waals surface area contributed by atoms with Gasteiger partial charge in [-0.15, -0.1) is 0 Å². The molecular weight excluding hydrogens is 390 g/mol. The maximum Gasteiger partial charge on any atom is 0.325 e. The summed E-state index contributed by atoms with van der Waals surface area (Å²) in [7, 11) is 1.85. The predicted octanol–water partition coefficient (Wildman–Crippen LogP) is 3.86. The van der Waals surface area contributed by atoms with E-state index in [-0.39, 0.29) is 17.6 Å². The second kappa shape index (κ2) is 7.80. The number of urea groups is 1. The molecule has 3 fully saturated rings. The van der Waals surface area contributed by atoms with Crippen molar-refractivity contribution in [3.63, 3.8) is 0 Å². The largest absolute Gasteiger partial charge is 0.343 e. The summed E-state index contributed by atoms with van der Waals surface area (Å²) < 4.78 is 2.25. The molecule has 1 aliphatic heterocycles. The first-order valence-electron chi connectivity index (χ1n) is 11.6. The van der Waals surface area contributed by atoms with Gasteiger partial charge >= 0.3 is 6.03 Å². The van der Waals surface area contributed by atoms with E-state index < -0.39 is 0 Å². The Hall–Kier alpha value is -2.64. The van der Waals surface area contributed by atoms with Crippen molar-refractivity contribution in [1.82, 2.24) is 24.4 Å². The van der Waals surface area contributed by atoms with Crippen molar-refractivity contribution in [2.75, 3.05) is 23.8 Å². The molecule has 2 amide bonds. The van der Waals surface area contributed by atoms with Crippen molar-refractivity contribution >= 4 is 17.8 Å². The number of carbonyl (C=O) groups is 1. The van der Waals surface area contributed by atoms with Gasteiger partial charge in [0.05, 0.1) is 23.6 Å². The summed E-state index contributed by atoms with van der Waals surface area (Å²) >= 11 is 0. The van der Waals surface area contributed by atoms with Crippen molar-refractivity contribution < 1.29 is 4.79 Å². The molecule has 8 nitrogen and oxygen atoms in total. The van der Waals surface area contributed by atoms with E-state index in [2.05, 4.69) is 34.9 Å². The third-order valence-electron chi connectivity index (χ3n) is 7.15. The van der Waals surface area contributed by atoms with E-state index in [1.54, 1.807) is 11.1 Å². The highest BCUT2D eigenvalue weighted by Crippen LogP contribution is 2.47. The lowest BCUT2D eigenvalue weighted by atomic mass is 10.0. The zero-order chi connectivity index (χ0) is 21.6. The van der Waals surface area contributed by atoms with E-state index in [4.69, 9.17) is 9.97 Å². The molecule has 2 aliphatic carbocycles. The number of amides is 2. The number of rotatable bonds is 7. The smallest absolute Gasteiger partial charge is 0.325 e. The van der Waals surface area contributed by atoms with E-state index in [1.807, 2.05) is 24.3 Å². The first kappa shape index (κ1) is 20.3. The van der Waals surface area contributed by atoms with Crippen molar-refractivity contribution in [3.8, 4) is 0 Å². The van der Waals surface area contributed by atoms with Gasteiger partial charge in [-0.25, -0.2) is 14.8 Å². The van der Waals surface area contributed by atoms with Crippen molar-refractivity contribution in [2.24, 2.45) is 11.8 Å². The number of nitrogens with zero attached hydrogens (tertiary/aromatic N) is 6. The maximum atomic E-state index is 12.8. The Morgan fingerprint density at radius 2 is 2.00 bits per heavy atom. The third-order valence-corrected chi connectivity index (χ3v) is 7.15. The van der Waals surface area contributed by atoms with Gasteiger partial charge in [-0.3, -0.25) is 4.90 Å².